The number of nitrogens with zero attached hydrogens (tertiary/aromatic N) is 2. The number of pyridine rings is 1. The number of carbonyl (C=O) groups excluding carboxylic acids is 2. The lowest BCUT2D eigenvalue weighted by atomic mass is 9.98. The highest BCUT2D eigenvalue weighted by Crippen LogP contribution is 2.24. The summed E-state index contributed by atoms with van der Waals surface area (Å²) >= 11 is 0. The number of anilines is 2. The first kappa shape index (κ1) is 22.4. The number of nitrogens with one attached hydrogen (secondary N) is 2. The van der Waals surface area contributed by atoms with Crippen molar-refractivity contribution >= 4 is 23.2 Å². The molecule has 29 heavy (non-hydrogen) atoms. The Morgan fingerprint density at radius 2 is 1.97 bits per heavy atom. The van der Waals surface area contributed by atoms with Crippen molar-refractivity contribution in [3.63, 3.8) is 0 Å². The molecular weight excluding hydrogens is 364 g/mol. The van der Waals surface area contributed by atoms with Crippen LogP contribution in [0.1, 0.15) is 55.5 Å². The number of amides is 2. The molecule has 1 aromatic carbocycles. The summed E-state index contributed by atoms with van der Waals surface area (Å²) < 4.78 is 0. The van der Waals surface area contributed by atoms with Gasteiger partial charge in [0, 0.05) is 50.3 Å². The fourth-order valence-electron chi connectivity index (χ4n) is 3.18. The molecule has 1 heterocycles. The molecule has 0 fully saturated rings. The molecule has 0 radical (unpaired) electrons. The highest BCUT2D eigenvalue weighted by Gasteiger charge is 2.18. The van der Waals surface area contributed by atoms with E-state index >= 15 is 0 Å². The molecule has 0 saturated heterocycles. The SMILES string of the molecule is CCCC[C@@H](CC)C(=O)Nc1ccc(N(C)C)c(C(=O)NCc2cccnc2)c1. The number of aromatic nitrogens is 1. The van der Waals surface area contributed by atoms with Gasteiger partial charge in [0.15, 0.2) is 0 Å². The van der Waals surface area contributed by atoms with E-state index in [0.29, 0.717) is 17.8 Å². The van der Waals surface area contributed by atoms with E-state index in [4.69, 9.17) is 0 Å². The fraction of sp³-hybridized carbons (Fsp3) is 0.435. The number of benzene rings is 1. The minimum absolute atomic E-state index is 0.00803. The Kier molecular flexibility index (Phi) is 8.65. The Morgan fingerprint density at radius 3 is 2.59 bits per heavy atom. The van der Waals surface area contributed by atoms with Crippen molar-refractivity contribution in [2.24, 2.45) is 5.92 Å². The van der Waals surface area contributed by atoms with Crippen molar-refractivity contribution in [1.82, 2.24) is 10.3 Å². The number of hydrogen-bond acceptors (Lipinski definition) is 4. The predicted octanol–water partition coefficient (Wildman–Crippen LogP) is 4.23. The van der Waals surface area contributed by atoms with Gasteiger partial charge in [0.05, 0.1) is 5.56 Å². The molecule has 6 heteroatoms. The molecule has 0 saturated carbocycles. The van der Waals surface area contributed by atoms with Crippen molar-refractivity contribution in [2.75, 3.05) is 24.3 Å². The summed E-state index contributed by atoms with van der Waals surface area (Å²) in [6.45, 7) is 4.55. The second-order valence-electron chi connectivity index (χ2n) is 7.41. The second-order valence-corrected chi connectivity index (χ2v) is 7.41. The lowest BCUT2D eigenvalue weighted by Crippen LogP contribution is -2.26. The zero-order valence-electron chi connectivity index (χ0n) is 17.9. The molecule has 1 aromatic heterocycles. The third kappa shape index (κ3) is 6.59. The third-order valence-corrected chi connectivity index (χ3v) is 4.94. The van der Waals surface area contributed by atoms with Crippen LogP contribution < -0.4 is 15.5 Å². The topological polar surface area (TPSA) is 74.3 Å². The van der Waals surface area contributed by atoms with Gasteiger partial charge in [-0.25, -0.2) is 0 Å². The molecule has 156 valence electrons. The zero-order valence-corrected chi connectivity index (χ0v) is 17.9. The van der Waals surface area contributed by atoms with Gasteiger partial charge in [-0.1, -0.05) is 32.8 Å². The highest BCUT2D eigenvalue weighted by atomic mass is 16.2. The van der Waals surface area contributed by atoms with E-state index < -0.39 is 0 Å². The Morgan fingerprint density at radius 1 is 1.17 bits per heavy atom. The molecule has 0 bridgehead atoms. The van der Waals surface area contributed by atoms with E-state index in [1.807, 2.05) is 50.2 Å². The van der Waals surface area contributed by atoms with Crippen molar-refractivity contribution in [3.8, 4) is 0 Å². The zero-order chi connectivity index (χ0) is 21.2. The van der Waals surface area contributed by atoms with Crippen molar-refractivity contribution < 1.29 is 9.59 Å². The van der Waals surface area contributed by atoms with Gasteiger partial charge in [-0.3, -0.25) is 14.6 Å². The van der Waals surface area contributed by atoms with Gasteiger partial charge in [-0.15, -0.1) is 0 Å². The monoisotopic (exact) mass is 396 g/mol. The van der Waals surface area contributed by atoms with Gasteiger partial charge >= 0.3 is 0 Å². The normalized spacial score (nSPS) is 11.6. The summed E-state index contributed by atoms with van der Waals surface area (Å²) in [5.74, 6) is -0.182. The average Bonchev–Trinajstić information content (AvgIpc) is 2.73. The molecule has 0 unspecified atom stereocenters. The maximum Gasteiger partial charge on any atom is 0.253 e. The van der Waals surface area contributed by atoms with Crippen molar-refractivity contribution in [1.29, 1.82) is 0 Å². The van der Waals surface area contributed by atoms with Crippen LogP contribution >= 0.6 is 0 Å². The fourth-order valence-corrected chi connectivity index (χ4v) is 3.18. The Balaban J connectivity index is 2.15. The largest absolute Gasteiger partial charge is 0.377 e. The predicted molar refractivity (Wildman–Crippen MR) is 118 cm³/mol. The maximum absolute atomic E-state index is 12.8. The standard InChI is InChI=1S/C23H32N4O2/c1-5-7-10-18(6-2)22(28)26-19-11-12-21(27(3)4)20(14-19)23(29)25-16-17-9-8-13-24-15-17/h8-9,11-15,18H,5-7,10,16H2,1-4H3,(H,25,29)(H,26,28)/t18-/m1/s1. The van der Waals surface area contributed by atoms with Gasteiger partial charge in [0.2, 0.25) is 5.91 Å². The summed E-state index contributed by atoms with van der Waals surface area (Å²) in [4.78, 5) is 31.4. The molecule has 2 N–H and O–H groups in total. The van der Waals surface area contributed by atoms with E-state index in [9.17, 15) is 9.59 Å². The molecule has 0 aliphatic carbocycles. The van der Waals surface area contributed by atoms with Gasteiger partial charge < -0.3 is 15.5 Å². The van der Waals surface area contributed by atoms with Crippen LogP contribution in [0.15, 0.2) is 42.7 Å². The van der Waals surface area contributed by atoms with E-state index in [1.165, 1.54) is 0 Å². The van der Waals surface area contributed by atoms with E-state index in [2.05, 4.69) is 22.5 Å². The van der Waals surface area contributed by atoms with Crippen LogP contribution in [-0.4, -0.2) is 30.9 Å². The maximum atomic E-state index is 12.8. The summed E-state index contributed by atoms with van der Waals surface area (Å²) in [5.41, 5.74) is 2.89. The highest BCUT2D eigenvalue weighted by molar-refractivity contribution is 6.02. The Bertz CT molecular complexity index is 806. The van der Waals surface area contributed by atoms with Gasteiger partial charge in [0.25, 0.3) is 5.91 Å². The minimum Gasteiger partial charge on any atom is -0.377 e. The van der Waals surface area contributed by atoms with Crippen LogP contribution in [0.2, 0.25) is 0 Å². The van der Waals surface area contributed by atoms with E-state index in [-0.39, 0.29) is 17.7 Å². The Hall–Kier alpha value is -2.89. The molecule has 0 aliphatic heterocycles. The van der Waals surface area contributed by atoms with Crippen molar-refractivity contribution in [3.05, 3.63) is 53.9 Å². The lowest BCUT2D eigenvalue weighted by Gasteiger charge is -2.20. The lowest BCUT2D eigenvalue weighted by molar-refractivity contribution is -0.120. The molecule has 2 aromatic rings. The summed E-state index contributed by atoms with van der Waals surface area (Å²) in [5, 5.41) is 5.92. The van der Waals surface area contributed by atoms with Crippen LogP contribution in [0.25, 0.3) is 0 Å². The van der Waals surface area contributed by atoms with Crippen LogP contribution in [0, 0.1) is 5.92 Å². The second kappa shape index (κ2) is 11.2. The van der Waals surface area contributed by atoms with Crippen LogP contribution in [0.3, 0.4) is 0 Å². The molecule has 2 rings (SSSR count). The first-order chi connectivity index (χ1) is 14.0. The summed E-state index contributed by atoms with van der Waals surface area (Å²) in [6.07, 6.45) is 7.22. The number of rotatable bonds is 10. The van der Waals surface area contributed by atoms with Gasteiger partial charge in [-0.05, 0) is 42.7 Å². The third-order valence-electron chi connectivity index (χ3n) is 4.94. The number of hydrogen-bond donors (Lipinski definition) is 2. The van der Waals surface area contributed by atoms with Crippen molar-refractivity contribution in [2.45, 2.75) is 46.1 Å². The molecule has 2 amide bonds. The quantitative estimate of drug-likeness (QED) is 0.630. The summed E-state index contributed by atoms with van der Waals surface area (Å²) in [6, 6.07) is 9.21. The molecule has 1 atom stereocenters. The van der Waals surface area contributed by atoms with Gasteiger partial charge in [-0.2, -0.15) is 0 Å². The smallest absolute Gasteiger partial charge is 0.253 e. The number of unbranched alkanes of at least 4 members (excludes halogenated alkanes) is 1. The first-order valence-electron chi connectivity index (χ1n) is 10.3. The minimum atomic E-state index is -0.188. The number of carbonyl (C=O) groups is 2. The van der Waals surface area contributed by atoms with Crippen LogP contribution in [0.5, 0.6) is 0 Å². The first-order valence-corrected chi connectivity index (χ1v) is 10.3. The molecule has 6 nitrogen and oxygen atoms in total. The molecular formula is C23H32N4O2. The van der Waals surface area contributed by atoms with Crippen LogP contribution in [0.4, 0.5) is 11.4 Å². The average molecular weight is 397 g/mol. The van der Waals surface area contributed by atoms with E-state index in [0.717, 1.165) is 36.9 Å². The molecule has 0 aliphatic rings. The summed E-state index contributed by atoms with van der Waals surface area (Å²) in [7, 11) is 3.78. The van der Waals surface area contributed by atoms with Gasteiger partial charge in [0.1, 0.15) is 0 Å². The van der Waals surface area contributed by atoms with E-state index in [1.54, 1.807) is 18.5 Å². The Labute approximate surface area is 173 Å². The van der Waals surface area contributed by atoms with Crippen LogP contribution in [-0.2, 0) is 11.3 Å². The molecule has 0 spiro atoms.